The Bertz CT molecular complexity index is 84.2. The van der Waals surface area contributed by atoms with E-state index >= 15 is 0 Å². The highest BCUT2D eigenvalue weighted by atomic mass is 16.5. The van der Waals surface area contributed by atoms with Gasteiger partial charge in [-0.2, -0.15) is 0 Å². The van der Waals surface area contributed by atoms with Crippen LogP contribution in [0.25, 0.3) is 0 Å². The maximum Gasteiger partial charge on any atom is 0.0881 e. The van der Waals surface area contributed by atoms with Crippen LogP contribution in [0.15, 0.2) is 11.6 Å². The van der Waals surface area contributed by atoms with Gasteiger partial charge in [-0.05, 0) is 13.3 Å². The molecule has 0 saturated carbocycles. The third-order valence-electron chi connectivity index (χ3n) is 1.05. The van der Waals surface area contributed by atoms with Crippen LogP contribution in [0.5, 0.6) is 0 Å². The highest BCUT2D eigenvalue weighted by Crippen LogP contribution is 2.07. The fourth-order valence-corrected chi connectivity index (χ4v) is 0.532. The zero-order chi connectivity index (χ0) is 5.11. The van der Waals surface area contributed by atoms with E-state index in [-0.39, 0.29) is 0 Å². The summed E-state index contributed by atoms with van der Waals surface area (Å²) in [7, 11) is 0. The predicted molar refractivity (Wildman–Crippen MR) is 28.6 cm³/mol. The van der Waals surface area contributed by atoms with Crippen LogP contribution in [0.1, 0.15) is 13.3 Å². The third-order valence-corrected chi connectivity index (χ3v) is 1.05. The second kappa shape index (κ2) is 2.12. The van der Waals surface area contributed by atoms with Crippen LogP contribution in [0, 0.1) is 6.61 Å². The fourth-order valence-electron chi connectivity index (χ4n) is 0.532. The molecule has 39 valence electrons. The Morgan fingerprint density at radius 2 is 2.57 bits per heavy atom. The number of rotatable bonds is 0. The third kappa shape index (κ3) is 1.32. The second-order valence-electron chi connectivity index (χ2n) is 1.75. The van der Waals surface area contributed by atoms with E-state index in [9.17, 15) is 0 Å². The fraction of sp³-hybridized carbons (Fsp3) is 0.500. The lowest BCUT2D eigenvalue weighted by Gasteiger charge is -2.06. The highest BCUT2D eigenvalue weighted by molar-refractivity contribution is 5.02. The Balaban J connectivity index is 2.40. The van der Waals surface area contributed by atoms with Crippen molar-refractivity contribution in [1.29, 1.82) is 0 Å². The molecule has 1 nitrogen and oxygen atoms in total. The van der Waals surface area contributed by atoms with Crippen LogP contribution in [0.4, 0.5) is 0 Å². The molecular weight excluding hydrogens is 88.1 g/mol. The Morgan fingerprint density at radius 1 is 1.71 bits per heavy atom. The predicted octanol–water partition coefficient (Wildman–Crippen LogP) is 1.51. The van der Waals surface area contributed by atoms with E-state index in [1.807, 2.05) is 6.61 Å². The molecule has 0 aromatic heterocycles. The molecule has 0 aromatic carbocycles. The molecule has 1 heterocycles. The molecule has 0 spiro atoms. The van der Waals surface area contributed by atoms with Gasteiger partial charge in [0.25, 0.3) is 0 Å². The Kier molecular flexibility index (Phi) is 1.47. The summed E-state index contributed by atoms with van der Waals surface area (Å²) < 4.78 is 4.94. The summed E-state index contributed by atoms with van der Waals surface area (Å²) in [5.74, 6) is 0. The largest absolute Gasteiger partial charge is 0.371 e. The van der Waals surface area contributed by atoms with E-state index in [1.165, 1.54) is 5.57 Å². The molecule has 0 amide bonds. The zero-order valence-corrected chi connectivity index (χ0v) is 4.48. The normalized spacial score (nSPS) is 21.6. The van der Waals surface area contributed by atoms with Crippen LogP contribution in [-0.4, -0.2) is 6.61 Å². The first kappa shape index (κ1) is 4.85. The molecule has 0 atom stereocenters. The van der Waals surface area contributed by atoms with Gasteiger partial charge in [0.1, 0.15) is 0 Å². The Hall–Kier alpha value is -0.300. The average molecular weight is 97.1 g/mol. The molecule has 0 aliphatic carbocycles. The van der Waals surface area contributed by atoms with E-state index in [0.717, 1.165) is 13.0 Å². The lowest BCUT2D eigenvalue weighted by molar-refractivity contribution is 0.219. The maximum absolute atomic E-state index is 4.94. The van der Waals surface area contributed by atoms with Crippen molar-refractivity contribution in [2.24, 2.45) is 0 Å². The molecule has 1 aliphatic heterocycles. The van der Waals surface area contributed by atoms with Gasteiger partial charge in [-0.25, -0.2) is 0 Å². The highest BCUT2D eigenvalue weighted by Gasteiger charge is 1.95. The number of ether oxygens (including phenoxy) is 1. The molecule has 1 aliphatic rings. The molecule has 0 N–H and O–H groups in total. The topological polar surface area (TPSA) is 9.23 Å². The summed E-state index contributed by atoms with van der Waals surface area (Å²) in [5.41, 5.74) is 1.41. The molecule has 1 rings (SSSR count). The lowest BCUT2D eigenvalue weighted by atomic mass is 10.2. The van der Waals surface area contributed by atoms with Crippen molar-refractivity contribution in [2.75, 3.05) is 6.61 Å². The summed E-state index contributed by atoms with van der Waals surface area (Å²) in [6, 6.07) is 0. The van der Waals surface area contributed by atoms with Crippen molar-refractivity contribution >= 4 is 0 Å². The monoisotopic (exact) mass is 97.1 g/mol. The van der Waals surface area contributed by atoms with Crippen LogP contribution < -0.4 is 0 Å². The Morgan fingerprint density at radius 3 is 2.86 bits per heavy atom. The summed E-state index contributed by atoms with van der Waals surface area (Å²) in [4.78, 5) is 0. The lowest BCUT2D eigenvalue weighted by Crippen LogP contribution is -1.96. The smallest absolute Gasteiger partial charge is 0.0881 e. The van der Waals surface area contributed by atoms with Gasteiger partial charge in [0, 0.05) is 0 Å². The molecule has 0 unspecified atom stereocenters. The van der Waals surface area contributed by atoms with E-state index < -0.39 is 0 Å². The van der Waals surface area contributed by atoms with Crippen LogP contribution >= 0.6 is 0 Å². The molecule has 1 heteroatoms. The van der Waals surface area contributed by atoms with Crippen molar-refractivity contribution in [2.45, 2.75) is 13.3 Å². The number of hydrogen-bond acceptors (Lipinski definition) is 1. The van der Waals surface area contributed by atoms with Crippen molar-refractivity contribution in [3.05, 3.63) is 18.3 Å². The minimum atomic E-state index is 0.770. The molecule has 0 bridgehead atoms. The van der Waals surface area contributed by atoms with Crippen molar-refractivity contribution < 1.29 is 4.74 Å². The van der Waals surface area contributed by atoms with Crippen LogP contribution in [-0.2, 0) is 4.74 Å². The minimum Gasteiger partial charge on any atom is -0.371 e. The molecular formula is C6H9O. The quantitative estimate of drug-likeness (QED) is 0.416. The van der Waals surface area contributed by atoms with Gasteiger partial charge in [0.15, 0.2) is 0 Å². The van der Waals surface area contributed by atoms with Gasteiger partial charge < -0.3 is 4.74 Å². The molecule has 0 fully saturated rings. The summed E-state index contributed by atoms with van der Waals surface area (Å²) >= 11 is 0. The Labute approximate surface area is 44.0 Å². The van der Waals surface area contributed by atoms with Gasteiger partial charge in [-0.1, -0.05) is 11.6 Å². The summed E-state index contributed by atoms with van der Waals surface area (Å²) in [6.45, 7) is 4.72. The molecule has 1 radical (unpaired) electrons. The van der Waals surface area contributed by atoms with Crippen LogP contribution in [0.3, 0.4) is 0 Å². The van der Waals surface area contributed by atoms with Crippen molar-refractivity contribution in [1.82, 2.24) is 0 Å². The van der Waals surface area contributed by atoms with Crippen molar-refractivity contribution in [3.8, 4) is 0 Å². The van der Waals surface area contributed by atoms with E-state index in [0.29, 0.717) is 0 Å². The molecule has 7 heavy (non-hydrogen) atoms. The van der Waals surface area contributed by atoms with E-state index in [1.54, 1.807) is 0 Å². The maximum atomic E-state index is 4.94. The summed E-state index contributed by atoms with van der Waals surface area (Å²) in [6.07, 6.45) is 3.10. The van der Waals surface area contributed by atoms with Gasteiger partial charge in [0.2, 0.25) is 0 Å². The van der Waals surface area contributed by atoms with E-state index in [4.69, 9.17) is 4.74 Å². The van der Waals surface area contributed by atoms with Gasteiger partial charge >= 0.3 is 0 Å². The second-order valence-corrected chi connectivity index (χ2v) is 1.75. The molecule has 0 aromatic rings. The SMILES string of the molecule is CC1=CCO[CH]C1. The van der Waals surface area contributed by atoms with Crippen molar-refractivity contribution in [3.63, 3.8) is 0 Å². The number of hydrogen-bond donors (Lipinski definition) is 0. The molecule has 0 saturated heterocycles. The first-order chi connectivity index (χ1) is 3.39. The summed E-state index contributed by atoms with van der Waals surface area (Å²) in [5, 5.41) is 0. The first-order valence-electron chi connectivity index (χ1n) is 2.48. The first-order valence-corrected chi connectivity index (χ1v) is 2.48. The average Bonchev–Trinajstić information content (AvgIpc) is 1.69. The van der Waals surface area contributed by atoms with E-state index in [2.05, 4.69) is 13.0 Å². The van der Waals surface area contributed by atoms with Gasteiger partial charge in [0.05, 0.1) is 13.2 Å². The van der Waals surface area contributed by atoms with Gasteiger partial charge in [-0.15, -0.1) is 0 Å². The minimum absolute atomic E-state index is 0.770. The van der Waals surface area contributed by atoms with Crippen LogP contribution in [0.2, 0.25) is 0 Å². The standard InChI is InChI=1S/C6H9O/c1-6-2-4-7-5-3-6/h2,5H,3-4H2,1H3. The zero-order valence-electron chi connectivity index (χ0n) is 4.48. The van der Waals surface area contributed by atoms with Gasteiger partial charge in [-0.3, -0.25) is 0 Å².